The van der Waals surface area contributed by atoms with Crippen LogP contribution in [0, 0.1) is 10.1 Å². The number of imidazole rings is 1. The summed E-state index contributed by atoms with van der Waals surface area (Å²) < 4.78 is 8.66. The predicted octanol–water partition coefficient (Wildman–Crippen LogP) is 0.621. The van der Waals surface area contributed by atoms with Crippen molar-refractivity contribution in [3.63, 3.8) is 0 Å². The molecule has 1 aliphatic rings. The highest BCUT2D eigenvalue weighted by atomic mass is 16.6. The maximum absolute atomic E-state index is 10.8. The quantitative estimate of drug-likeness (QED) is 0.350. The molecule has 1 aliphatic heterocycles. The van der Waals surface area contributed by atoms with E-state index in [0.717, 1.165) is 0 Å². The lowest BCUT2D eigenvalue weighted by Crippen LogP contribution is -2.30. The van der Waals surface area contributed by atoms with Crippen molar-refractivity contribution < 1.29 is 19.9 Å². The van der Waals surface area contributed by atoms with Crippen molar-refractivity contribution in [2.24, 2.45) is 0 Å². The van der Waals surface area contributed by atoms with E-state index in [4.69, 9.17) is 4.74 Å². The van der Waals surface area contributed by atoms with Crippen molar-refractivity contribution in [1.82, 2.24) is 34.5 Å². The van der Waals surface area contributed by atoms with Gasteiger partial charge in [0.15, 0.2) is 11.9 Å². The third-order valence-corrected chi connectivity index (χ3v) is 5.17. The van der Waals surface area contributed by atoms with Gasteiger partial charge in [0.1, 0.15) is 35.4 Å². The SMILES string of the molecule is C[C@H]1O[C@@H](n2cnc3c(-c4cn(-c5ccc([N+](=O)[O-])cc5)nn4)ncnc32)[C@H](O)[C@@H]1O. The first-order chi connectivity index (χ1) is 14.9. The van der Waals surface area contributed by atoms with Crippen LogP contribution in [0.2, 0.25) is 0 Å². The van der Waals surface area contributed by atoms with Crippen molar-refractivity contribution in [3.8, 4) is 17.1 Å². The van der Waals surface area contributed by atoms with Crippen molar-refractivity contribution in [3.05, 3.63) is 53.2 Å². The van der Waals surface area contributed by atoms with E-state index >= 15 is 0 Å². The molecule has 31 heavy (non-hydrogen) atoms. The Kier molecular flexibility index (Phi) is 4.43. The molecule has 0 aliphatic carbocycles. The summed E-state index contributed by atoms with van der Waals surface area (Å²) in [6, 6.07) is 5.88. The third-order valence-electron chi connectivity index (χ3n) is 5.17. The van der Waals surface area contributed by atoms with Gasteiger partial charge in [-0.15, -0.1) is 5.10 Å². The van der Waals surface area contributed by atoms with E-state index in [1.54, 1.807) is 29.8 Å². The number of nitro benzene ring substituents is 1. The van der Waals surface area contributed by atoms with Crippen molar-refractivity contribution in [2.75, 3.05) is 0 Å². The van der Waals surface area contributed by atoms with Gasteiger partial charge in [0.25, 0.3) is 5.69 Å². The molecule has 0 bridgehead atoms. The monoisotopic (exact) mass is 424 g/mol. The van der Waals surface area contributed by atoms with Gasteiger partial charge in [-0.1, -0.05) is 5.21 Å². The Labute approximate surface area is 173 Å². The molecule has 0 spiro atoms. The molecule has 5 rings (SSSR count). The van der Waals surface area contributed by atoms with E-state index in [1.165, 1.54) is 29.5 Å². The Morgan fingerprint density at radius 2 is 1.90 bits per heavy atom. The average molecular weight is 424 g/mol. The summed E-state index contributed by atoms with van der Waals surface area (Å²) in [5.41, 5.74) is 2.21. The summed E-state index contributed by atoms with van der Waals surface area (Å²) in [5.74, 6) is 0. The van der Waals surface area contributed by atoms with E-state index in [9.17, 15) is 20.3 Å². The molecule has 4 aromatic rings. The molecule has 1 saturated heterocycles. The first-order valence-corrected chi connectivity index (χ1v) is 9.30. The number of benzene rings is 1. The Hall–Kier alpha value is -3.81. The second kappa shape index (κ2) is 7.16. The summed E-state index contributed by atoms with van der Waals surface area (Å²) in [7, 11) is 0. The van der Waals surface area contributed by atoms with Crippen LogP contribution < -0.4 is 0 Å². The number of nitrogens with zero attached hydrogens (tertiary/aromatic N) is 8. The minimum absolute atomic E-state index is 0.0251. The topological polar surface area (TPSA) is 167 Å². The maximum atomic E-state index is 10.8. The summed E-state index contributed by atoms with van der Waals surface area (Å²) in [4.78, 5) is 23.2. The zero-order valence-corrected chi connectivity index (χ0v) is 16.0. The van der Waals surface area contributed by atoms with Gasteiger partial charge in [0.05, 0.1) is 29.2 Å². The van der Waals surface area contributed by atoms with Gasteiger partial charge in [-0.25, -0.2) is 19.6 Å². The van der Waals surface area contributed by atoms with Crippen LogP contribution in [-0.4, -0.2) is 68.0 Å². The van der Waals surface area contributed by atoms with Crippen molar-refractivity contribution in [2.45, 2.75) is 31.5 Å². The predicted molar refractivity (Wildman–Crippen MR) is 104 cm³/mol. The fourth-order valence-corrected chi connectivity index (χ4v) is 3.51. The summed E-state index contributed by atoms with van der Waals surface area (Å²) >= 11 is 0. The molecule has 1 fully saturated rings. The molecule has 3 aromatic heterocycles. The number of nitro groups is 1. The van der Waals surface area contributed by atoms with Crippen LogP contribution in [0.25, 0.3) is 28.2 Å². The Morgan fingerprint density at radius 1 is 1.13 bits per heavy atom. The molecule has 4 atom stereocenters. The molecule has 0 unspecified atom stereocenters. The smallest absolute Gasteiger partial charge is 0.269 e. The highest BCUT2D eigenvalue weighted by Crippen LogP contribution is 2.32. The normalized spacial score (nSPS) is 23.5. The van der Waals surface area contributed by atoms with Crippen LogP contribution in [0.15, 0.2) is 43.1 Å². The largest absolute Gasteiger partial charge is 0.388 e. The molecule has 13 nitrogen and oxygen atoms in total. The van der Waals surface area contributed by atoms with E-state index in [0.29, 0.717) is 28.2 Å². The number of aliphatic hydroxyl groups excluding tert-OH is 2. The standard InChI is InChI=1S/C18H16N8O5/c1-9-15(27)16(28)18(31-9)24-8-21-14-13(19-7-20-17(14)24)12-6-25(23-22-12)10-2-4-11(5-3-10)26(29)30/h2-9,15-16,18,27-28H,1H3/t9-,15-,16-,18-/m1/s1. The fraction of sp³-hybridized carbons (Fsp3) is 0.278. The molecule has 0 radical (unpaired) electrons. The molecule has 0 saturated carbocycles. The molecule has 1 aromatic carbocycles. The number of fused-ring (bicyclic) bond motifs is 1. The Bertz CT molecular complexity index is 1270. The number of aliphatic hydroxyl groups is 2. The fourth-order valence-electron chi connectivity index (χ4n) is 3.51. The molecular weight excluding hydrogens is 408 g/mol. The van der Waals surface area contributed by atoms with E-state index in [-0.39, 0.29) is 5.69 Å². The molecule has 0 amide bonds. The van der Waals surface area contributed by atoms with Crippen LogP contribution in [-0.2, 0) is 4.74 Å². The van der Waals surface area contributed by atoms with Gasteiger partial charge in [-0.2, -0.15) is 0 Å². The summed E-state index contributed by atoms with van der Waals surface area (Å²) in [5, 5.41) is 39.3. The Morgan fingerprint density at radius 3 is 2.58 bits per heavy atom. The number of non-ortho nitro benzene ring substituents is 1. The summed E-state index contributed by atoms with van der Waals surface area (Å²) in [6.07, 6.45) is 0.881. The summed E-state index contributed by atoms with van der Waals surface area (Å²) in [6.45, 7) is 1.67. The Balaban J connectivity index is 1.51. The van der Waals surface area contributed by atoms with E-state index in [2.05, 4.69) is 25.3 Å². The number of ether oxygens (including phenoxy) is 1. The third kappa shape index (κ3) is 3.11. The highest BCUT2D eigenvalue weighted by molar-refractivity contribution is 5.85. The van der Waals surface area contributed by atoms with Gasteiger partial charge in [-0.3, -0.25) is 14.7 Å². The maximum Gasteiger partial charge on any atom is 0.269 e. The van der Waals surface area contributed by atoms with Crippen LogP contribution in [0.1, 0.15) is 13.2 Å². The van der Waals surface area contributed by atoms with Crippen molar-refractivity contribution in [1.29, 1.82) is 0 Å². The van der Waals surface area contributed by atoms with Crippen LogP contribution in [0.4, 0.5) is 5.69 Å². The molecule has 2 N–H and O–H groups in total. The minimum atomic E-state index is -1.13. The molecular formula is C18H16N8O5. The minimum Gasteiger partial charge on any atom is -0.388 e. The lowest BCUT2D eigenvalue weighted by Gasteiger charge is -2.16. The molecule has 158 valence electrons. The van der Waals surface area contributed by atoms with Crippen LogP contribution in [0.3, 0.4) is 0 Å². The first kappa shape index (κ1) is 19.2. The van der Waals surface area contributed by atoms with Gasteiger partial charge >= 0.3 is 0 Å². The number of hydrogen-bond donors (Lipinski definition) is 2. The number of rotatable bonds is 4. The highest BCUT2D eigenvalue weighted by Gasteiger charge is 2.42. The zero-order valence-electron chi connectivity index (χ0n) is 16.0. The molecule has 4 heterocycles. The zero-order chi connectivity index (χ0) is 21.7. The van der Waals surface area contributed by atoms with E-state index in [1.807, 2.05) is 0 Å². The molecule has 13 heteroatoms. The number of aromatic nitrogens is 7. The second-order valence-electron chi connectivity index (χ2n) is 7.08. The number of hydrogen-bond acceptors (Lipinski definition) is 10. The lowest BCUT2D eigenvalue weighted by atomic mass is 10.1. The van der Waals surface area contributed by atoms with Gasteiger partial charge in [0, 0.05) is 12.1 Å². The van der Waals surface area contributed by atoms with E-state index < -0.39 is 29.5 Å². The van der Waals surface area contributed by atoms with Gasteiger partial charge < -0.3 is 14.9 Å². The first-order valence-electron chi connectivity index (χ1n) is 9.30. The average Bonchev–Trinajstić information content (AvgIpc) is 3.48. The van der Waals surface area contributed by atoms with Gasteiger partial charge in [0.2, 0.25) is 0 Å². The van der Waals surface area contributed by atoms with Crippen molar-refractivity contribution >= 4 is 16.9 Å². The van der Waals surface area contributed by atoms with Crippen LogP contribution >= 0.6 is 0 Å². The van der Waals surface area contributed by atoms with Crippen LogP contribution in [0.5, 0.6) is 0 Å². The lowest BCUT2D eigenvalue weighted by molar-refractivity contribution is -0.384. The second-order valence-corrected chi connectivity index (χ2v) is 7.08. The van der Waals surface area contributed by atoms with Gasteiger partial charge in [-0.05, 0) is 19.1 Å².